The lowest BCUT2D eigenvalue weighted by Gasteiger charge is -2.14. The Labute approximate surface area is 232 Å². The number of primary sulfonamides is 1. The fourth-order valence-electron chi connectivity index (χ4n) is 3.99. The monoisotopic (exact) mass is 584 g/mol. The van der Waals surface area contributed by atoms with Gasteiger partial charge in [0.05, 0.1) is 24.0 Å². The molecule has 3 heterocycles. The van der Waals surface area contributed by atoms with Crippen LogP contribution in [0.25, 0.3) is 28.0 Å². The third-order valence-corrected chi connectivity index (χ3v) is 6.85. The van der Waals surface area contributed by atoms with E-state index in [0.29, 0.717) is 12.1 Å². The van der Waals surface area contributed by atoms with Crippen LogP contribution in [0.1, 0.15) is 5.56 Å². The second-order valence-corrected chi connectivity index (χ2v) is 10.3. The number of ether oxygens (including phenoxy) is 1. The fraction of sp³-hybridized carbons (Fsp3) is 0.154. The van der Waals surface area contributed by atoms with Gasteiger partial charge in [-0.3, -0.25) is 0 Å². The van der Waals surface area contributed by atoms with Gasteiger partial charge in [-0.1, -0.05) is 12.1 Å². The summed E-state index contributed by atoms with van der Waals surface area (Å²) >= 11 is 0. The van der Waals surface area contributed by atoms with Gasteiger partial charge in [0.1, 0.15) is 22.7 Å². The summed E-state index contributed by atoms with van der Waals surface area (Å²) in [7, 11) is -2.83. The molecule has 11 nitrogen and oxygen atoms in total. The zero-order valence-electron chi connectivity index (χ0n) is 21.4. The van der Waals surface area contributed by atoms with Crippen LogP contribution in [-0.2, 0) is 16.6 Å². The van der Waals surface area contributed by atoms with Crippen molar-refractivity contribution in [3.8, 4) is 22.7 Å². The number of methoxy groups -OCH3 is 1. The Hall–Kier alpha value is -4.76. The van der Waals surface area contributed by atoms with E-state index in [1.165, 1.54) is 19.2 Å². The van der Waals surface area contributed by atoms with Crippen LogP contribution >= 0.6 is 0 Å². The molecular formula is C26H23F3N8O3S. The maximum absolute atomic E-state index is 13.1. The predicted octanol–water partition coefficient (Wildman–Crippen LogP) is 4.12. The molecule has 3 aromatic heterocycles. The molecule has 0 aliphatic carbocycles. The minimum Gasteiger partial charge on any atom is -0.495 e. The highest BCUT2D eigenvalue weighted by atomic mass is 32.2. The molecule has 0 unspecified atom stereocenters. The number of alkyl halides is 3. The molecule has 0 aliphatic rings. The van der Waals surface area contributed by atoms with Gasteiger partial charge < -0.3 is 15.4 Å². The molecular weight excluding hydrogens is 561 g/mol. The Kier molecular flexibility index (Phi) is 7.47. The minimum atomic E-state index is -4.51. The SMILES string of the molecule is COc1ccc(-c2ccc3nc(NCc4ccc(-n5cccn5)cc4)nc(NCC(F)(F)F)c3n2)cc1S(N)(=O)=O. The molecule has 0 spiro atoms. The van der Waals surface area contributed by atoms with Gasteiger partial charge in [0.2, 0.25) is 16.0 Å². The van der Waals surface area contributed by atoms with Gasteiger partial charge in [-0.05, 0) is 54.1 Å². The van der Waals surface area contributed by atoms with Crippen molar-refractivity contribution in [2.45, 2.75) is 17.6 Å². The fourth-order valence-corrected chi connectivity index (χ4v) is 4.71. The first-order valence-corrected chi connectivity index (χ1v) is 13.6. The number of nitrogens with one attached hydrogen (secondary N) is 2. The molecule has 0 bridgehead atoms. The van der Waals surface area contributed by atoms with Crippen LogP contribution in [0.3, 0.4) is 0 Å². The molecule has 0 aliphatic heterocycles. The van der Waals surface area contributed by atoms with E-state index in [1.807, 2.05) is 36.5 Å². The molecule has 0 radical (unpaired) electrons. The van der Waals surface area contributed by atoms with E-state index in [-0.39, 0.29) is 39.1 Å². The van der Waals surface area contributed by atoms with Crippen LogP contribution in [0.4, 0.5) is 24.9 Å². The second kappa shape index (κ2) is 11.0. The number of halogens is 3. The maximum Gasteiger partial charge on any atom is 0.405 e. The Morgan fingerprint density at radius 2 is 1.78 bits per heavy atom. The summed E-state index contributed by atoms with van der Waals surface area (Å²) in [6.45, 7) is -1.05. The predicted molar refractivity (Wildman–Crippen MR) is 146 cm³/mol. The second-order valence-electron chi connectivity index (χ2n) is 8.81. The van der Waals surface area contributed by atoms with Crippen molar-refractivity contribution in [1.82, 2.24) is 24.7 Å². The van der Waals surface area contributed by atoms with Crippen molar-refractivity contribution >= 4 is 32.8 Å². The quantitative estimate of drug-likeness (QED) is 0.233. The van der Waals surface area contributed by atoms with E-state index in [0.717, 1.165) is 11.3 Å². The van der Waals surface area contributed by atoms with Gasteiger partial charge in [0.25, 0.3) is 0 Å². The lowest BCUT2D eigenvalue weighted by molar-refractivity contribution is -0.115. The highest BCUT2D eigenvalue weighted by molar-refractivity contribution is 7.89. The summed E-state index contributed by atoms with van der Waals surface area (Å²) in [4.78, 5) is 12.9. The van der Waals surface area contributed by atoms with E-state index in [9.17, 15) is 21.6 Å². The normalized spacial score (nSPS) is 11.9. The van der Waals surface area contributed by atoms with Crippen LogP contribution in [0.2, 0.25) is 0 Å². The van der Waals surface area contributed by atoms with Crippen molar-refractivity contribution in [1.29, 1.82) is 0 Å². The van der Waals surface area contributed by atoms with Gasteiger partial charge in [-0.25, -0.2) is 28.2 Å². The Balaban J connectivity index is 1.47. The van der Waals surface area contributed by atoms with E-state index >= 15 is 0 Å². The first-order chi connectivity index (χ1) is 19.5. The number of benzene rings is 2. The molecule has 15 heteroatoms. The number of aromatic nitrogens is 5. The van der Waals surface area contributed by atoms with Crippen molar-refractivity contribution in [2.24, 2.45) is 5.14 Å². The van der Waals surface area contributed by atoms with Gasteiger partial charge in [-0.15, -0.1) is 0 Å². The maximum atomic E-state index is 13.1. The molecule has 41 heavy (non-hydrogen) atoms. The molecule has 5 aromatic rings. The van der Waals surface area contributed by atoms with E-state index in [4.69, 9.17) is 9.88 Å². The van der Waals surface area contributed by atoms with Gasteiger partial charge in [0, 0.05) is 24.5 Å². The zero-order chi connectivity index (χ0) is 29.2. The number of fused-ring (bicyclic) bond motifs is 1. The average Bonchev–Trinajstić information content (AvgIpc) is 3.49. The number of anilines is 2. The van der Waals surface area contributed by atoms with Gasteiger partial charge in [0.15, 0.2) is 5.82 Å². The largest absolute Gasteiger partial charge is 0.495 e. The summed E-state index contributed by atoms with van der Waals surface area (Å²) in [5.41, 5.74) is 2.70. The number of rotatable bonds is 9. The molecule has 0 saturated heterocycles. The zero-order valence-corrected chi connectivity index (χ0v) is 22.2. The standard InChI is InChI=1S/C26H23F3N8O3S/c1-40-21-10-5-17(13-22(21)41(30,38)39)19-8-9-20-23(34-19)24(32-15-26(27,28)29)36-25(35-20)31-14-16-3-6-18(7-4-16)37-12-2-11-33-37/h2-13H,14-15H2,1H3,(H2,30,38,39)(H2,31,32,35,36). The number of hydrogen-bond donors (Lipinski definition) is 3. The Morgan fingerprint density at radius 3 is 2.44 bits per heavy atom. The van der Waals surface area contributed by atoms with E-state index < -0.39 is 22.7 Å². The van der Waals surface area contributed by atoms with Crippen LogP contribution in [0.15, 0.2) is 78.0 Å². The van der Waals surface area contributed by atoms with Crippen LogP contribution in [0.5, 0.6) is 5.75 Å². The van der Waals surface area contributed by atoms with Crippen LogP contribution in [0, 0.1) is 0 Å². The van der Waals surface area contributed by atoms with Crippen LogP contribution in [-0.4, -0.2) is 53.0 Å². The minimum absolute atomic E-state index is 0.0413. The summed E-state index contributed by atoms with van der Waals surface area (Å²) < 4.78 is 70.1. The molecule has 2 aromatic carbocycles. The third-order valence-electron chi connectivity index (χ3n) is 5.92. The Bertz CT molecular complexity index is 1800. The Morgan fingerprint density at radius 1 is 1.00 bits per heavy atom. The van der Waals surface area contributed by atoms with E-state index in [1.54, 1.807) is 29.1 Å². The van der Waals surface area contributed by atoms with Gasteiger partial charge in [-0.2, -0.15) is 23.3 Å². The molecule has 0 fully saturated rings. The number of nitrogens with zero attached hydrogens (tertiary/aromatic N) is 5. The first kappa shape index (κ1) is 27.8. The average molecular weight is 585 g/mol. The molecule has 0 atom stereocenters. The highest BCUT2D eigenvalue weighted by Crippen LogP contribution is 2.31. The molecule has 0 amide bonds. The third kappa shape index (κ3) is 6.53. The number of sulfonamides is 1. The number of pyridine rings is 1. The summed E-state index contributed by atoms with van der Waals surface area (Å²) in [5, 5.41) is 14.8. The molecule has 212 valence electrons. The van der Waals surface area contributed by atoms with E-state index in [2.05, 4.69) is 30.7 Å². The highest BCUT2D eigenvalue weighted by Gasteiger charge is 2.27. The number of nitrogens with two attached hydrogens (primary N) is 1. The summed E-state index contributed by atoms with van der Waals surface area (Å²) in [6.07, 6.45) is -1.02. The van der Waals surface area contributed by atoms with Crippen molar-refractivity contribution < 1.29 is 26.3 Å². The summed E-state index contributed by atoms with van der Waals surface area (Å²) in [6, 6.07) is 16.7. The van der Waals surface area contributed by atoms with Crippen molar-refractivity contribution in [3.05, 3.63) is 78.6 Å². The van der Waals surface area contributed by atoms with Crippen LogP contribution < -0.4 is 20.5 Å². The lowest BCUT2D eigenvalue weighted by Crippen LogP contribution is -2.22. The summed E-state index contributed by atoms with van der Waals surface area (Å²) in [5.74, 6) is -0.0145. The lowest BCUT2D eigenvalue weighted by atomic mass is 10.1. The molecule has 4 N–H and O–H groups in total. The molecule has 0 saturated carbocycles. The smallest absolute Gasteiger partial charge is 0.405 e. The van der Waals surface area contributed by atoms with Crippen molar-refractivity contribution in [3.63, 3.8) is 0 Å². The van der Waals surface area contributed by atoms with Crippen molar-refractivity contribution in [2.75, 3.05) is 24.3 Å². The van der Waals surface area contributed by atoms with Gasteiger partial charge >= 0.3 is 6.18 Å². The number of hydrogen-bond acceptors (Lipinski definition) is 9. The topological polar surface area (TPSA) is 150 Å². The molecule has 5 rings (SSSR count). The first-order valence-electron chi connectivity index (χ1n) is 12.0.